The second-order valence-electron chi connectivity index (χ2n) is 7.64. The van der Waals surface area contributed by atoms with E-state index in [4.69, 9.17) is 14.2 Å². The molecule has 1 atom stereocenters. The van der Waals surface area contributed by atoms with Crippen LogP contribution in [0.25, 0.3) is 0 Å². The van der Waals surface area contributed by atoms with E-state index in [0.29, 0.717) is 30.5 Å². The summed E-state index contributed by atoms with van der Waals surface area (Å²) in [4.78, 5) is 14.8. The van der Waals surface area contributed by atoms with Crippen LogP contribution in [0.5, 0.6) is 17.2 Å². The molecule has 2 aliphatic rings. The van der Waals surface area contributed by atoms with Crippen LogP contribution in [0.15, 0.2) is 36.4 Å². The van der Waals surface area contributed by atoms with Crippen LogP contribution in [-0.4, -0.2) is 31.8 Å². The summed E-state index contributed by atoms with van der Waals surface area (Å²) in [7, 11) is 1.81. The van der Waals surface area contributed by atoms with Crippen LogP contribution in [0.1, 0.15) is 37.8 Å². The Hall–Kier alpha value is -2.69. The topological polar surface area (TPSA) is 48.0 Å². The van der Waals surface area contributed by atoms with E-state index < -0.39 is 11.5 Å². The van der Waals surface area contributed by atoms with Crippen molar-refractivity contribution >= 4 is 11.6 Å². The maximum Gasteiger partial charge on any atom is 0.238 e. The van der Waals surface area contributed by atoms with Gasteiger partial charge in [0, 0.05) is 24.4 Å². The minimum Gasteiger partial charge on any atom is -0.488 e. The number of hydrogen-bond donors (Lipinski definition) is 0. The minimum atomic E-state index is -0.413. The second kappa shape index (κ2) is 5.94. The zero-order valence-electron chi connectivity index (χ0n) is 15.5. The number of rotatable bonds is 2. The van der Waals surface area contributed by atoms with E-state index >= 15 is 0 Å². The van der Waals surface area contributed by atoms with Crippen LogP contribution in [-0.2, 0) is 4.79 Å². The Morgan fingerprint density at radius 1 is 1.04 bits per heavy atom. The van der Waals surface area contributed by atoms with Crippen molar-refractivity contribution in [1.82, 2.24) is 0 Å². The van der Waals surface area contributed by atoms with Crippen molar-refractivity contribution in [3.05, 3.63) is 47.5 Å². The van der Waals surface area contributed by atoms with Crippen molar-refractivity contribution in [2.45, 2.75) is 32.3 Å². The number of amides is 1. The third-order valence-electron chi connectivity index (χ3n) is 4.59. The maximum atomic E-state index is 13.0. The normalized spacial score (nSPS) is 18.7. The molecule has 5 heteroatoms. The molecular formula is C21H23NO4. The summed E-state index contributed by atoms with van der Waals surface area (Å²) in [5.41, 5.74) is 2.33. The number of carbonyl (C=O) groups excluding carboxylic acids is 1. The highest BCUT2D eigenvalue weighted by Gasteiger charge is 2.39. The number of benzene rings is 2. The van der Waals surface area contributed by atoms with Crippen molar-refractivity contribution in [2.75, 3.05) is 25.2 Å². The first kappa shape index (κ1) is 16.8. The summed E-state index contributed by atoms with van der Waals surface area (Å²) in [5.74, 6) is 1.59. The van der Waals surface area contributed by atoms with Crippen LogP contribution in [0.2, 0.25) is 0 Å². The first-order valence-corrected chi connectivity index (χ1v) is 8.84. The van der Waals surface area contributed by atoms with Gasteiger partial charge in [-0.2, -0.15) is 0 Å². The third kappa shape index (κ3) is 2.77. The molecule has 0 saturated carbocycles. The van der Waals surface area contributed by atoms with Gasteiger partial charge < -0.3 is 19.1 Å². The number of nitrogens with zero attached hydrogens (tertiary/aromatic N) is 1. The van der Waals surface area contributed by atoms with Crippen LogP contribution in [0, 0.1) is 0 Å². The largest absolute Gasteiger partial charge is 0.488 e. The molecule has 136 valence electrons. The summed E-state index contributed by atoms with van der Waals surface area (Å²) < 4.78 is 17.7. The molecule has 2 aromatic rings. The summed E-state index contributed by atoms with van der Waals surface area (Å²) in [6.07, 6.45) is 0. The van der Waals surface area contributed by atoms with E-state index in [2.05, 4.69) is 0 Å². The maximum absolute atomic E-state index is 13.0. The van der Waals surface area contributed by atoms with E-state index in [1.165, 1.54) is 0 Å². The number of anilines is 1. The van der Waals surface area contributed by atoms with Crippen LogP contribution < -0.4 is 19.1 Å². The third-order valence-corrected chi connectivity index (χ3v) is 4.59. The molecular weight excluding hydrogens is 330 g/mol. The van der Waals surface area contributed by atoms with Gasteiger partial charge in [-0.15, -0.1) is 0 Å². The van der Waals surface area contributed by atoms with E-state index in [-0.39, 0.29) is 5.91 Å². The molecule has 0 bridgehead atoms. The second-order valence-corrected chi connectivity index (χ2v) is 7.64. The van der Waals surface area contributed by atoms with E-state index in [1.807, 2.05) is 64.2 Å². The summed E-state index contributed by atoms with van der Waals surface area (Å²) in [6.45, 7) is 6.98. The molecule has 0 N–H and O–H groups in total. The number of likely N-dealkylation sites (N-methyl/N-ethyl adjacent to an activating group) is 1. The quantitative estimate of drug-likeness (QED) is 0.825. The predicted molar refractivity (Wildman–Crippen MR) is 99.5 cm³/mol. The highest BCUT2D eigenvalue weighted by molar-refractivity contribution is 6.07. The van der Waals surface area contributed by atoms with Gasteiger partial charge in [-0.25, -0.2) is 0 Å². The number of ether oxygens (including phenoxy) is 3. The summed E-state index contributed by atoms with van der Waals surface area (Å²) >= 11 is 0. The molecule has 26 heavy (non-hydrogen) atoms. The van der Waals surface area contributed by atoms with Crippen LogP contribution >= 0.6 is 0 Å². The molecule has 0 radical (unpaired) electrons. The van der Waals surface area contributed by atoms with Gasteiger partial charge in [-0.05, 0) is 38.5 Å². The Labute approximate surface area is 153 Å². The van der Waals surface area contributed by atoms with Gasteiger partial charge in [-0.3, -0.25) is 4.79 Å². The zero-order chi connectivity index (χ0) is 18.5. The SMILES string of the molecule is CN1C(=O)[C@H](c2cc3c(cc2OC(C)(C)C)OCCO3)c2ccccc21. The highest BCUT2D eigenvalue weighted by Crippen LogP contribution is 2.47. The smallest absolute Gasteiger partial charge is 0.238 e. The van der Waals surface area contributed by atoms with Crippen LogP contribution in [0.3, 0.4) is 0 Å². The average Bonchev–Trinajstić information content (AvgIpc) is 2.84. The first-order chi connectivity index (χ1) is 12.3. The van der Waals surface area contributed by atoms with Crippen molar-refractivity contribution in [3.63, 3.8) is 0 Å². The van der Waals surface area contributed by atoms with Crippen molar-refractivity contribution in [2.24, 2.45) is 0 Å². The van der Waals surface area contributed by atoms with Gasteiger partial charge in [-0.1, -0.05) is 18.2 Å². The molecule has 5 nitrogen and oxygen atoms in total. The first-order valence-electron chi connectivity index (χ1n) is 8.84. The Bertz CT molecular complexity index is 869. The fourth-order valence-electron chi connectivity index (χ4n) is 3.51. The van der Waals surface area contributed by atoms with Gasteiger partial charge in [0.25, 0.3) is 0 Å². The Morgan fingerprint density at radius 2 is 1.69 bits per heavy atom. The monoisotopic (exact) mass is 353 g/mol. The lowest BCUT2D eigenvalue weighted by atomic mass is 9.91. The van der Waals surface area contributed by atoms with Crippen molar-refractivity contribution in [3.8, 4) is 17.2 Å². The molecule has 0 spiro atoms. The lowest BCUT2D eigenvalue weighted by Gasteiger charge is -2.27. The average molecular weight is 353 g/mol. The van der Waals surface area contributed by atoms with Crippen LogP contribution in [0.4, 0.5) is 5.69 Å². The van der Waals surface area contributed by atoms with E-state index in [0.717, 1.165) is 16.8 Å². The van der Waals surface area contributed by atoms with Crippen molar-refractivity contribution < 1.29 is 19.0 Å². The zero-order valence-corrected chi connectivity index (χ0v) is 15.5. The van der Waals surface area contributed by atoms with Gasteiger partial charge in [0.2, 0.25) is 5.91 Å². The van der Waals surface area contributed by atoms with Gasteiger partial charge in [0.1, 0.15) is 24.6 Å². The molecule has 0 aromatic heterocycles. The van der Waals surface area contributed by atoms with Crippen molar-refractivity contribution in [1.29, 1.82) is 0 Å². The minimum absolute atomic E-state index is 0.0293. The molecule has 2 heterocycles. The summed E-state index contributed by atoms with van der Waals surface area (Å²) in [5, 5.41) is 0. The molecule has 0 fully saturated rings. The molecule has 1 amide bonds. The highest BCUT2D eigenvalue weighted by atomic mass is 16.6. The number of fused-ring (bicyclic) bond motifs is 2. The van der Waals surface area contributed by atoms with Gasteiger partial charge >= 0.3 is 0 Å². The number of hydrogen-bond acceptors (Lipinski definition) is 4. The molecule has 0 aliphatic carbocycles. The Kier molecular flexibility index (Phi) is 3.83. The summed E-state index contributed by atoms with van der Waals surface area (Å²) in [6, 6.07) is 11.6. The fraction of sp³-hybridized carbons (Fsp3) is 0.381. The van der Waals surface area contributed by atoms with E-state index in [9.17, 15) is 4.79 Å². The molecule has 0 saturated heterocycles. The molecule has 2 aliphatic heterocycles. The lowest BCUT2D eigenvalue weighted by Crippen LogP contribution is -2.27. The molecule has 2 aromatic carbocycles. The molecule has 0 unspecified atom stereocenters. The molecule has 4 rings (SSSR count). The standard InChI is InChI=1S/C21H23NO4/c1-21(2,3)26-16-12-18-17(24-9-10-25-18)11-14(16)19-13-7-5-6-8-15(13)22(4)20(19)23/h5-8,11-12,19H,9-10H2,1-4H3/t19-/m0/s1. The Morgan fingerprint density at radius 3 is 2.38 bits per heavy atom. The fourth-order valence-corrected chi connectivity index (χ4v) is 3.51. The van der Waals surface area contributed by atoms with Gasteiger partial charge in [0.15, 0.2) is 11.5 Å². The number of para-hydroxylation sites is 1. The van der Waals surface area contributed by atoms with Gasteiger partial charge in [0.05, 0.1) is 5.92 Å². The van der Waals surface area contributed by atoms with E-state index in [1.54, 1.807) is 4.90 Å². The number of carbonyl (C=O) groups is 1. The lowest BCUT2D eigenvalue weighted by molar-refractivity contribution is -0.118. The Balaban J connectivity index is 1.89. The predicted octanol–water partition coefficient (Wildman–Crippen LogP) is 3.74.